The lowest BCUT2D eigenvalue weighted by Gasteiger charge is -2.18. The maximum absolute atomic E-state index is 9.84. The minimum atomic E-state index is -0.296. The molecule has 1 nitrogen and oxygen atoms in total. The highest BCUT2D eigenvalue weighted by atomic mass is 16.3. The number of hydrogen-bond acceptors (Lipinski definition) is 1. The highest BCUT2D eigenvalue weighted by Crippen LogP contribution is 2.23. The minimum absolute atomic E-state index is 0.167. The average molecular weight is 160 g/mol. The first-order valence-corrected chi connectivity index (χ1v) is 4.26. The Labute approximate surface area is 72.4 Å². The Morgan fingerprint density at radius 1 is 0.667 bits per heavy atom. The Morgan fingerprint density at radius 3 is 1.33 bits per heavy atom. The highest BCUT2D eigenvalue weighted by molar-refractivity contribution is 5.25. The van der Waals surface area contributed by atoms with Crippen molar-refractivity contribution >= 4 is 0 Å². The van der Waals surface area contributed by atoms with E-state index in [1.165, 1.54) is 0 Å². The maximum atomic E-state index is 9.84. The third-order valence-corrected chi connectivity index (χ3v) is 2.34. The molecule has 62 valence electrons. The van der Waals surface area contributed by atoms with Crippen LogP contribution in [0.1, 0.15) is 0 Å². The van der Waals surface area contributed by atoms with Crippen molar-refractivity contribution in [2.24, 2.45) is 11.8 Å². The van der Waals surface area contributed by atoms with E-state index in [4.69, 9.17) is 0 Å². The van der Waals surface area contributed by atoms with Crippen LogP contribution >= 0.6 is 0 Å². The van der Waals surface area contributed by atoms with Crippen molar-refractivity contribution in [3.8, 4) is 0 Å². The first kappa shape index (κ1) is 7.56. The molecule has 12 heavy (non-hydrogen) atoms. The van der Waals surface area contributed by atoms with Gasteiger partial charge in [-0.2, -0.15) is 0 Å². The fraction of sp³-hybridized carbons (Fsp3) is 0.273. The van der Waals surface area contributed by atoms with Crippen molar-refractivity contribution in [2.45, 2.75) is 6.10 Å². The molecule has 0 radical (unpaired) electrons. The number of rotatable bonds is 0. The van der Waals surface area contributed by atoms with Gasteiger partial charge < -0.3 is 5.11 Å². The van der Waals surface area contributed by atoms with Crippen molar-refractivity contribution in [1.29, 1.82) is 0 Å². The first-order valence-electron chi connectivity index (χ1n) is 4.26. The van der Waals surface area contributed by atoms with Gasteiger partial charge in [0.2, 0.25) is 0 Å². The number of aliphatic hydroxyl groups excluding tert-OH is 1. The Morgan fingerprint density at radius 2 is 1.00 bits per heavy atom. The largest absolute Gasteiger partial charge is 0.391 e. The summed E-state index contributed by atoms with van der Waals surface area (Å²) >= 11 is 0. The van der Waals surface area contributed by atoms with Crippen molar-refractivity contribution in [3.05, 3.63) is 48.6 Å². The number of aliphatic hydroxyl groups is 1. The Balaban J connectivity index is 2.35. The number of fused-ring (bicyclic) bond motifs is 2. The van der Waals surface area contributed by atoms with Crippen LogP contribution in [0, 0.1) is 11.8 Å². The molecule has 0 spiro atoms. The normalized spacial score (nSPS) is 37.9. The molecule has 2 rings (SSSR count). The third kappa shape index (κ3) is 1.28. The Hall–Kier alpha value is -1.08. The van der Waals surface area contributed by atoms with Crippen molar-refractivity contribution in [1.82, 2.24) is 0 Å². The molecule has 0 aromatic rings. The standard InChI is InChI=1S/C11H12O/c12-11-9-5-1-2-6-10(11)8-4-3-7-9/h1-12H. The lowest BCUT2D eigenvalue weighted by atomic mass is 9.93. The molecule has 1 heteroatoms. The van der Waals surface area contributed by atoms with Crippen LogP contribution in [0.3, 0.4) is 0 Å². The summed E-state index contributed by atoms with van der Waals surface area (Å²) in [5, 5.41) is 9.84. The van der Waals surface area contributed by atoms with E-state index >= 15 is 0 Å². The molecular weight excluding hydrogens is 148 g/mol. The average Bonchev–Trinajstić information content (AvgIpc) is 2.37. The van der Waals surface area contributed by atoms with Crippen molar-refractivity contribution in [3.63, 3.8) is 0 Å². The lowest BCUT2D eigenvalue weighted by molar-refractivity contribution is 0.125. The predicted molar refractivity (Wildman–Crippen MR) is 49.5 cm³/mol. The molecule has 0 saturated heterocycles. The SMILES string of the molecule is OC1C2C=CC=CC1C=CC=C2. The van der Waals surface area contributed by atoms with E-state index in [1.807, 2.05) is 48.6 Å². The van der Waals surface area contributed by atoms with Gasteiger partial charge in [-0.3, -0.25) is 0 Å². The van der Waals surface area contributed by atoms with Crippen molar-refractivity contribution < 1.29 is 5.11 Å². The van der Waals surface area contributed by atoms with Gasteiger partial charge in [0, 0.05) is 11.8 Å². The van der Waals surface area contributed by atoms with E-state index in [-0.39, 0.29) is 17.9 Å². The van der Waals surface area contributed by atoms with Crippen molar-refractivity contribution in [2.75, 3.05) is 0 Å². The molecule has 0 fully saturated rings. The number of allylic oxidation sites excluding steroid dienone is 4. The summed E-state index contributed by atoms with van der Waals surface area (Å²) in [6.07, 6.45) is 15.8. The molecule has 2 aliphatic carbocycles. The van der Waals surface area contributed by atoms with E-state index in [0.717, 1.165) is 0 Å². The zero-order valence-electron chi connectivity index (χ0n) is 6.80. The topological polar surface area (TPSA) is 20.2 Å². The number of hydrogen-bond donors (Lipinski definition) is 1. The van der Waals surface area contributed by atoms with Crippen LogP contribution in [-0.4, -0.2) is 11.2 Å². The molecule has 0 heterocycles. The molecule has 0 aromatic heterocycles. The van der Waals surface area contributed by atoms with E-state index < -0.39 is 0 Å². The Bertz CT molecular complexity index is 219. The quantitative estimate of drug-likeness (QED) is 0.573. The van der Waals surface area contributed by atoms with Gasteiger partial charge in [0.1, 0.15) is 0 Å². The van der Waals surface area contributed by atoms with E-state index in [2.05, 4.69) is 0 Å². The zero-order chi connectivity index (χ0) is 8.39. The molecule has 0 amide bonds. The van der Waals surface area contributed by atoms with Crippen LogP contribution in [0.25, 0.3) is 0 Å². The minimum Gasteiger partial charge on any atom is -0.391 e. The summed E-state index contributed by atoms with van der Waals surface area (Å²) in [5.41, 5.74) is 0. The molecule has 0 atom stereocenters. The van der Waals surface area contributed by atoms with E-state index in [9.17, 15) is 5.11 Å². The molecule has 1 N–H and O–H groups in total. The fourth-order valence-electron chi connectivity index (χ4n) is 1.61. The van der Waals surface area contributed by atoms with Crippen LogP contribution in [-0.2, 0) is 0 Å². The molecular formula is C11H12O. The molecule has 0 aromatic carbocycles. The van der Waals surface area contributed by atoms with Crippen LogP contribution in [0.15, 0.2) is 48.6 Å². The van der Waals surface area contributed by atoms with Gasteiger partial charge in [0.25, 0.3) is 0 Å². The molecule has 2 aliphatic rings. The zero-order valence-corrected chi connectivity index (χ0v) is 6.80. The van der Waals surface area contributed by atoms with Crippen LogP contribution in [0.5, 0.6) is 0 Å². The monoisotopic (exact) mass is 160 g/mol. The van der Waals surface area contributed by atoms with E-state index in [1.54, 1.807) is 0 Å². The second-order valence-corrected chi connectivity index (χ2v) is 3.18. The highest BCUT2D eigenvalue weighted by Gasteiger charge is 2.22. The van der Waals surface area contributed by atoms with Gasteiger partial charge in [-0.05, 0) is 0 Å². The summed E-state index contributed by atoms with van der Waals surface area (Å²) in [6.45, 7) is 0. The maximum Gasteiger partial charge on any atom is 0.0734 e. The van der Waals surface area contributed by atoms with Gasteiger partial charge in [-0.1, -0.05) is 48.6 Å². The van der Waals surface area contributed by atoms with Crippen LogP contribution < -0.4 is 0 Å². The second kappa shape index (κ2) is 3.11. The van der Waals surface area contributed by atoms with Crippen LogP contribution in [0.4, 0.5) is 0 Å². The van der Waals surface area contributed by atoms with Gasteiger partial charge >= 0.3 is 0 Å². The molecule has 0 saturated carbocycles. The lowest BCUT2D eigenvalue weighted by Crippen LogP contribution is -2.22. The first-order chi connectivity index (χ1) is 5.88. The molecule has 0 aliphatic heterocycles. The molecule has 2 bridgehead atoms. The summed E-state index contributed by atoms with van der Waals surface area (Å²) in [6, 6.07) is 0. The summed E-state index contributed by atoms with van der Waals surface area (Å²) < 4.78 is 0. The smallest absolute Gasteiger partial charge is 0.0734 e. The predicted octanol–water partition coefficient (Wildman–Crippen LogP) is 1.83. The van der Waals surface area contributed by atoms with Gasteiger partial charge in [0.05, 0.1) is 6.10 Å². The Kier molecular flexibility index (Phi) is 1.96. The van der Waals surface area contributed by atoms with Crippen LogP contribution in [0.2, 0.25) is 0 Å². The fourth-order valence-corrected chi connectivity index (χ4v) is 1.61. The van der Waals surface area contributed by atoms with E-state index in [0.29, 0.717) is 0 Å². The van der Waals surface area contributed by atoms with Gasteiger partial charge in [-0.15, -0.1) is 0 Å². The van der Waals surface area contributed by atoms with Gasteiger partial charge in [-0.25, -0.2) is 0 Å². The summed E-state index contributed by atoms with van der Waals surface area (Å²) in [4.78, 5) is 0. The summed E-state index contributed by atoms with van der Waals surface area (Å²) in [7, 11) is 0. The van der Waals surface area contributed by atoms with Gasteiger partial charge in [0.15, 0.2) is 0 Å². The second-order valence-electron chi connectivity index (χ2n) is 3.18. The third-order valence-electron chi connectivity index (χ3n) is 2.34. The molecule has 0 unspecified atom stereocenters. The summed E-state index contributed by atoms with van der Waals surface area (Å²) in [5.74, 6) is 0.333.